The van der Waals surface area contributed by atoms with Crippen LogP contribution >= 0.6 is 0 Å². The van der Waals surface area contributed by atoms with E-state index in [1.807, 2.05) is 30.3 Å². The first-order chi connectivity index (χ1) is 15.4. The number of aliphatic hydroxyl groups is 1. The van der Waals surface area contributed by atoms with E-state index in [9.17, 15) is 14.7 Å². The molecule has 1 fully saturated rings. The number of azide groups is 1. The van der Waals surface area contributed by atoms with Crippen molar-refractivity contribution in [1.82, 2.24) is 0 Å². The molecule has 0 amide bonds. The van der Waals surface area contributed by atoms with Crippen LogP contribution in [0.15, 0.2) is 65.8 Å². The van der Waals surface area contributed by atoms with Crippen molar-refractivity contribution in [2.75, 3.05) is 6.61 Å². The molecular weight excluding hydrogens is 418 g/mol. The van der Waals surface area contributed by atoms with Crippen molar-refractivity contribution in [2.24, 2.45) is 5.11 Å². The fraction of sp³-hybridized carbons (Fsp3) is 0.318. The zero-order valence-corrected chi connectivity index (χ0v) is 17.2. The molecule has 0 saturated carbocycles. The topological polar surface area (TPSA) is 140 Å². The van der Waals surface area contributed by atoms with Crippen molar-refractivity contribution in [3.8, 4) is 0 Å². The van der Waals surface area contributed by atoms with E-state index in [-0.39, 0.29) is 13.2 Å². The third-order valence-electron chi connectivity index (χ3n) is 4.71. The van der Waals surface area contributed by atoms with Crippen molar-refractivity contribution < 1.29 is 33.6 Å². The molecule has 0 aliphatic carbocycles. The molecule has 0 aromatic heterocycles. The largest absolute Gasteiger partial charge is 0.459 e. The number of hydrogen-bond donors (Lipinski definition) is 1. The molecule has 1 aliphatic heterocycles. The molecule has 10 nitrogen and oxygen atoms in total. The minimum Gasteiger partial charge on any atom is -0.459 e. The summed E-state index contributed by atoms with van der Waals surface area (Å²) in [4.78, 5) is 26.7. The van der Waals surface area contributed by atoms with Crippen molar-refractivity contribution in [3.63, 3.8) is 0 Å². The third-order valence-corrected chi connectivity index (χ3v) is 4.71. The maximum atomic E-state index is 12.3. The van der Waals surface area contributed by atoms with Gasteiger partial charge >= 0.3 is 11.9 Å². The molecule has 2 aromatic rings. The number of ether oxygens (including phenoxy) is 4. The number of carbonyl (C=O) groups excluding carboxylic acids is 2. The van der Waals surface area contributed by atoms with E-state index in [1.54, 1.807) is 30.3 Å². The first kappa shape index (κ1) is 23.2. The highest BCUT2D eigenvalue weighted by atomic mass is 16.6. The average molecular weight is 440 g/mol. The maximum absolute atomic E-state index is 12.3. The zero-order chi connectivity index (χ0) is 23.0. The Morgan fingerprint density at radius 2 is 1.81 bits per heavy atom. The molecule has 0 spiro atoms. The smallest absolute Gasteiger partial charge is 0.338 e. The molecule has 0 bridgehead atoms. The molecule has 1 saturated heterocycles. The number of benzene rings is 2. The van der Waals surface area contributed by atoms with Gasteiger partial charge in [0.1, 0.15) is 25.4 Å². The Morgan fingerprint density at radius 1 is 1.16 bits per heavy atom. The second kappa shape index (κ2) is 10.7. The Balaban J connectivity index is 1.76. The average Bonchev–Trinajstić information content (AvgIpc) is 2.80. The molecule has 3 rings (SSSR count). The van der Waals surface area contributed by atoms with Gasteiger partial charge in [0.05, 0.1) is 12.2 Å². The fourth-order valence-electron chi connectivity index (χ4n) is 3.17. The van der Waals surface area contributed by atoms with Crippen LogP contribution in [0.3, 0.4) is 0 Å². The van der Waals surface area contributed by atoms with E-state index >= 15 is 0 Å². The second-order valence-corrected chi connectivity index (χ2v) is 6.99. The highest BCUT2D eigenvalue weighted by Gasteiger charge is 2.55. The maximum Gasteiger partial charge on any atom is 0.338 e. The van der Waals surface area contributed by atoms with Crippen molar-refractivity contribution >= 4 is 11.9 Å². The summed E-state index contributed by atoms with van der Waals surface area (Å²) in [6, 6.07) is 17.4. The molecule has 1 heterocycles. The monoisotopic (exact) mass is 440 g/mol. The summed E-state index contributed by atoms with van der Waals surface area (Å²) < 4.78 is 21.7. The Labute approximate surface area is 184 Å². The molecule has 167 valence electrons. The third kappa shape index (κ3) is 5.63. The van der Waals surface area contributed by atoms with E-state index in [0.29, 0.717) is 5.56 Å². The minimum absolute atomic E-state index is 0.0646. The molecular formula is C22H22N3O7. The van der Waals surface area contributed by atoms with Crippen molar-refractivity contribution in [1.29, 1.82) is 0 Å². The highest BCUT2D eigenvalue weighted by Crippen LogP contribution is 2.35. The Kier molecular flexibility index (Phi) is 7.80. The SMILES string of the molecule is CC(=O)O[C@H]1[C@@H](COC(=O)c2ccccc2)O[CH][C@H](OCc2ccccc2)[C@]1(O)N=[N+]=[N-]. The van der Waals surface area contributed by atoms with Crippen molar-refractivity contribution in [2.45, 2.75) is 37.6 Å². The van der Waals surface area contributed by atoms with Crippen LogP contribution in [0.25, 0.3) is 10.4 Å². The number of rotatable bonds is 8. The summed E-state index contributed by atoms with van der Waals surface area (Å²) in [5, 5.41) is 14.7. The molecule has 2 aromatic carbocycles. The van der Waals surface area contributed by atoms with Gasteiger partial charge in [-0.1, -0.05) is 53.6 Å². The van der Waals surface area contributed by atoms with Crippen LogP contribution in [-0.2, 0) is 30.3 Å². The highest BCUT2D eigenvalue weighted by molar-refractivity contribution is 5.89. The molecule has 1 radical (unpaired) electrons. The van der Waals surface area contributed by atoms with Crippen LogP contribution in [0.5, 0.6) is 0 Å². The molecule has 4 atom stereocenters. The van der Waals surface area contributed by atoms with Crippen LogP contribution in [0.4, 0.5) is 0 Å². The lowest BCUT2D eigenvalue weighted by molar-refractivity contribution is -0.246. The van der Waals surface area contributed by atoms with E-state index in [1.165, 1.54) is 0 Å². The van der Waals surface area contributed by atoms with Gasteiger partial charge < -0.3 is 24.1 Å². The van der Waals surface area contributed by atoms with Crippen LogP contribution < -0.4 is 0 Å². The number of esters is 2. The lowest BCUT2D eigenvalue weighted by Crippen LogP contribution is -2.63. The van der Waals surface area contributed by atoms with E-state index < -0.39 is 36.0 Å². The Morgan fingerprint density at radius 3 is 2.44 bits per heavy atom. The van der Waals surface area contributed by atoms with Gasteiger partial charge in [-0.2, -0.15) is 0 Å². The number of carbonyl (C=O) groups is 2. The first-order valence-electron chi connectivity index (χ1n) is 9.76. The van der Waals surface area contributed by atoms with E-state index in [0.717, 1.165) is 19.1 Å². The summed E-state index contributed by atoms with van der Waals surface area (Å²) in [6.07, 6.45) is -3.90. The minimum atomic E-state index is -2.34. The van der Waals surface area contributed by atoms with Gasteiger partial charge in [-0.05, 0) is 23.2 Å². The standard InChI is InChI=1S/C22H22N3O7/c1-15(26)32-20-18(13-31-21(27)17-10-6-3-7-11-17)29-14-19(22(20,28)24-25-23)30-12-16-8-4-2-5-9-16/h2-11,14,18-20,28H,12-13H2,1H3/t18-,19+,20+,22-/m1/s1. The molecule has 10 heteroatoms. The molecule has 1 N–H and O–H groups in total. The number of nitrogens with zero attached hydrogens (tertiary/aromatic N) is 3. The summed E-state index contributed by atoms with van der Waals surface area (Å²) in [5.41, 5.74) is 7.83. The summed E-state index contributed by atoms with van der Waals surface area (Å²) >= 11 is 0. The predicted molar refractivity (Wildman–Crippen MR) is 111 cm³/mol. The molecule has 32 heavy (non-hydrogen) atoms. The summed E-state index contributed by atoms with van der Waals surface area (Å²) in [6.45, 7) is 1.95. The van der Waals surface area contributed by atoms with Crippen LogP contribution in [0, 0.1) is 6.61 Å². The lowest BCUT2D eigenvalue weighted by Gasteiger charge is -2.44. The lowest BCUT2D eigenvalue weighted by atomic mass is 9.93. The normalized spacial score (nSPS) is 24.8. The van der Waals surface area contributed by atoms with Gasteiger partial charge in [0.25, 0.3) is 0 Å². The second-order valence-electron chi connectivity index (χ2n) is 6.99. The predicted octanol–water partition coefficient (Wildman–Crippen LogP) is 2.92. The van der Waals surface area contributed by atoms with Gasteiger partial charge in [-0.3, -0.25) is 4.79 Å². The quantitative estimate of drug-likeness (QED) is 0.288. The Hall–Kier alpha value is -3.43. The van der Waals surface area contributed by atoms with Crippen LogP contribution in [-0.4, -0.2) is 47.7 Å². The van der Waals surface area contributed by atoms with Gasteiger partial charge in [0.15, 0.2) is 6.10 Å². The van der Waals surface area contributed by atoms with Gasteiger partial charge in [-0.25, -0.2) is 4.79 Å². The zero-order valence-electron chi connectivity index (χ0n) is 17.2. The molecule has 0 unspecified atom stereocenters. The van der Waals surface area contributed by atoms with Gasteiger partial charge in [0.2, 0.25) is 5.72 Å². The van der Waals surface area contributed by atoms with Crippen molar-refractivity contribution in [3.05, 3.63) is 88.8 Å². The summed E-state index contributed by atoms with van der Waals surface area (Å²) in [7, 11) is 0. The van der Waals surface area contributed by atoms with Crippen LogP contribution in [0.1, 0.15) is 22.8 Å². The number of hydrogen-bond acceptors (Lipinski definition) is 8. The van der Waals surface area contributed by atoms with Gasteiger partial charge in [-0.15, -0.1) is 0 Å². The fourth-order valence-corrected chi connectivity index (χ4v) is 3.17. The van der Waals surface area contributed by atoms with Gasteiger partial charge in [0, 0.05) is 11.8 Å². The Bertz CT molecular complexity index is 966. The summed E-state index contributed by atoms with van der Waals surface area (Å²) in [5.74, 6) is -1.39. The van der Waals surface area contributed by atoms with E-state index in [2.05, 4.69) is 10.0 Å². The first-order valence-corrected chi connectivity index (χ1v) is 9.76. The molecule has 1 aliphatic rings. The van der Waals surface area contributed by atoms with E-state index in [4.69, 9.17) is 24.5 Å². The van der Waals surface area contributed by atoms with Crippen LogP contribution in [0.2, 0.25) is 0 Å².